The summed E-state index contributed by atoms with van der Waals surface area (Å²) in [4.78, 5) is 35.4. The smallest absolute Gasteiger partial charge is 0.391 e. The molecule has 35 heavy (non-hydrogen) atoms. The average molecular weight is 492 g/mol. The number of pyridine rings is 2. The minimum Gasteiger partial charge on any atom is -0.489 e. The van der Waals surface area contributed by atoms with Gasteiger partial charge in [-0.15, -0.1) is 0 Å². The van der Waals surface area contributed by atoms with Gasteiger partial charge in [0.05, 0.1) is 18.1 Å². The second kappa shape index (κ2) is 10.6. The van der Waals surface area contributed by atoms with Crippen LogP contribution in [0, 0.1) is 11.8 Å². The highest BCUT2D eigenvalue weighted by atomic mass is 19.4. The Bertz CT molecular complexity index is 1030. The first-order chi connectivity index (χ1) is 16.7. The summed E-state index contributed by atoms with van der Waals surface area (Å²) in [7, 11) is 0. The van der Waals surface area contributed by atoms with Crippen LogP contribution in [0.25, 0.3) is 0 Å². The van der Waals surface area contributed by atoms with Crippen LogP contribution < -0.4 is 10.1 Å². The van der Waals surface area contributed by atoms with Gasteiger partial charge in [-0.2, -0.15) is 13.2 Å². The lowest BCUT2D eigenvalue weighted by atomic mass is 9.81. The Labute approximate surface area is 200 Å². The van der Waals surface area contributed by atoms with E-state index >= 15 is 0 Å². The van der Waals surface area contributed by atoms with E-state index < -0.39 is 36.1 Å². The van der Waals surface area contributed by atoms with Gasteiger partial charge in [0, 0.05) is 24.9 Å². The van der Waals surface area contributed by atoms with E-state index in [4.69, 9.17) is 4.74 Å². The van der Waals surface area contributed by atoms with Crippen LogP contribution in [0.5, 0.6) is 5.75 Å². The van der Waals surface area contributed by atoms with E-state index in [0.717, 1.165) is 0 Å². The summed E-state index contributed by atoms with van der Waals surface area (Å²) < 4.78 is 44.8. The van der Waals surface area contributed by atoms with Crippen molar-refractivity contribution in [3.8, 4) is 5.75 Å². The average Bonchev–Trinajstić information content (AvgIpc) is 3.23. The molecule has 2 fully saturated rings. The number of halogens is 3. The second-order valence-electron chi connectivity index (χ2n) is 8.95. The molecule has 0 aromatic carbocycles. The molecule has 8 nitrogen and oxygen atoms in total. The number of hydrogen-bond acceptors (Lipinski definition) is 6. The van der Waals surface area contributed by atoms with Gasteiger partial charge in [0.1, 0.15) is 12.4 Å². The summed E-state index contributed by atoms with van der Waals surface area (Å²) in [5.41, 5.74) is 0.0417. The monoisotopic (exact) mass is 492 g/mol. The summed E-state index contributed by atoms with van der Waals surface area (Å²) in [6.07, 6.45) is -1.51. The number of aliphatic hydroxyl groups excluding tert-OH is 1. The lowest BCUT2D eigenvalue weighted by molar-refractivity contribution is -0.185. The minimum absolute atomic E-state index is 0.0102. The zero-order valence-electron chi connectivity index (χ0n) is 18.9. The maximum atomic E-state index is 13.1. The highest BCUT2D eigenvalue weighted by Gasteiger charge is 2.44. The van der Waals surface area contributed by atoms with E-state index in [1.807, 2.05) is 0 Å². The Morgan fingerprint density at radius 3 is 2.51 bits per heavy atom. The number of hydrogen-bond donors (Lipinski definition) is 2. The Balaban J connectivity index is 1.38. The molecular formula is C24H27F3N4O4. The maximum absolute atomic E-state index is 13.1. The highest BCUT2D eigenvalue weighted by Crippen LogP contribution is 2.40. The van der Waals surface area contributed by atoms with Gasteiger partial charge in [-0.05, 0) is 56.4 Å². The van der Waals surface area contributed by atoms with Crippen LogP contribution in [0.2, 0.25) is 0 Å². The van der Waals surface area contributed by atoms with Gasteiger partial charge in [0.2, 0.25) is 5.91 Å². The SMILES string of the molecule is O=C(Nc1ccccn1)c1ncccc1OC[C@H]1C[C@H](O)CN1C(=O)C1CCC(C(F)(F)F)CC1. The van der Waals surface area contributed by atoms with Gasteiger partial charge in [0.15, 0.2) is 11.4 Å². The lowest BCUT2D eigenvalue weighted by Gasteiger charge is -2.33. The number of carbonyl (C=O) groups excluding carboxylic acids is 2. The van der Waals surface area contributed by atoms with Crippen molar-refractivity contribution in [1.29, 1.82) is 0 Å². The van der Waals surface area contributed by atoms with E-state index in [0.29, 0.717) is 5.82 Å². The number of ether oxygens (including phenoxy) is 1. The molecule has 188 valence electrons. The number of amides is 2. The molecule has 1 aliphatic heterocycles. The van der Waals surface area contributed by atoms with Crippen molar-refractivity contribution in [3.05, 3.63) is 48.4 Å². The number of rotatable bonds is 6. The van der Waals surface area contributed by atoms with Crippen molar-refractivity contribution < 1.29 is 32.6 Å². The molecule has 11 heteroatoms. The number of aromatic nitrogens is 2. The number of anilines is 1. The zero-order chi connectivity index (χ0) is 25.0. The first-order valence-corrected chi connectivity index (χ1v) is 11.6. The standard InChI is InChI=1S/C24H27F3N4O4/c25-24(26,27)16-8-6-15(7-9-16)23(34)31-13-18(32)12-17(31)14-35-19-4-3-11-29-21(19)22(33)30-20-5-1-2-10-28-20/h1-5,10-11,15-18,32H,6-9,12-14H2,(H,28,30,33)/t15?,16?,17-,18+/m1/s1. The van der Waals surface area contributed by atoms with Gasteiger partial charge in [-0.3, -0.25) is 9.59 Å². The third kappa shape index (κ3) is 6.08. The Hall–Kier alpha value is -3.21. The molecule has 0 radical (unpaired) electrons. The van der Waals surface area contributed by atoms with E-state index in [1.165, 1.54) is 17.3 Å². The second-order valence-corrected chi connectivity index (χ2v) is 8.95. The first-order valence-electron chi connectivity index (χ1n) is 11.6. The van der Waals surface area contributed by atoms with Gasteiger partial charge >= 0.3 is 6.18 Å². The van der Waals surface area contributed by atoms with Gasteiger partial charge < -0.3 is 20.1 Å². The molecule has 2 atom stereocenters. The third-order valence-electron chi connectivity index (χ3n) is 6.54. The highest BCUT2D eigenvalue weighted by molar-refractivity contribution is 6.04. The molecule has 1 saturated carbocycles. The summed E-state index contributed by atoms with van der Waals surface area (Å²) in [6.45, 7) is 0.113. The van der Waals surface area contributed by atoms with Crippen molar-refractivity contribution in [3.63, 3.8) is 0 Å². The van der Waals surface area contributed by atoms with E-state index in [-0.39, 0.29) is 62.6 Å². The van der Waals surface area contributed by atoms with Crippen LogP contribution in [0.15, 0.2) is 42.7 Å². The first kappa shape index (κ1) is 24.9. The molecule has 4 rings (SSSR count). The molecule has 1 aliphatic carbocycles. The molecule has 1 saturated heterocycles. The predicted octanol–water partition coefficient (Wildman–Crippen LogP) is 3.44. The fraction of sp³-hybridized carbons (Fsp3) is 0.500. The van der Waals surface area contributed by atoms with Crippen molar-refractivity contribution in [2.45, 2.75) is 50.4 Å². The van der Waals surface area contributed by atoms with Crippen molar-refractivity contribution in [2.75, 3.05) is 18.5 Å². The summed E-state index contributed by atoms with van der Waals surface area (Å²) >= 11 is 0. The maximum Gasteiger partial charge on any atom is 0.391 e. The molecule has 0 bridgehead atoms. The van der Waals surface area contributed by atoms with Gasteiger partial charge in [-0.25, -0.2) is 9.97 Å². The van der Waals surface area contributed by atoms with Crippen LogP contribution in [0.4, 0.5) is 19.0 Å². The fourth-order valence-electron chi connectivity index (χ4n) is 4.70. The Morgan fingerprint density at radius 2 is 1.83 bits per heavy atom. The number of nitrogens with one attached hydrogen (secondary N) is 1. The molecule has 2 aromatic heterocycles. The van der Waals surface area contributed by atoms with E-state index in [9.17, 15) is 27.9 Å². The normalized spacial score (nSPS) is 24.7. The molecule has 3 heterocycles. The molecule has 2 aromatic rings. The minimum atomic E-state index is -4.24. The topological polar surface area (TPSA) is 105 Å². The van der Waals surface area contributed by atoms with Crippen LogP contribution in [-0.4, -0.2) is 63.3 Å². The fourth-order valence-corrected chi connectivity index (χ4v) is 4.70. The van der Waals surface area contributed by atoms with Crippen LogP contribution in [0.3, 0.4) is 0 Å². The summed E-state index contributed by atoms with van der Waals surface area (Å²) in [5, 5.41) is 12.8. The van der Waals surface area contributed by atoms with E-state index in [1.54, 1.807) is 30.3 Å². The van der Waals surface area contributed by atoms with Crippen LogP contribution >= 0.6 is 0 Å². The number of nitrogens with zero attached hydrogens (tertiary/aromatic N) is 3. The Kier molecular flexibility index (Phi) is 7.54. The largest absolute Gasteiger partial charge is 0.489 e. The molecular weight excluding hydrogens is 465 g/mol. The number of β-amino-alcohol motifs (C(OH)–C–C–N with tert-alkyl or cyclic N) is 1. The van der Waals surface area contributed by atoms with Gasteiger partial charge in [-0.1, -0.05) is 6.07 Å². The molecule has 2 amide bonds. The predicted molar refractivity (Wildman–Crippen MR) is 120 cm³/mol. The molecule has 0 spiro atoms. The van der Waals surface area contributed by atoms with Crippen molar-refractivity contribution in [1.82, 2.24) is 14.9 Å². The number of likely N-dealkylation sites (tertiary alicyclic amines) is 1. The quantitative estimate of drug-likeness (QED) is 0.640. The van der Waals surface area contributed by atoms with Crippen LogP contribution in [0.1, 0.15) is 42.6 Å². The van der Waals surface area contributed by atoms with E-state index in [2.05, 4.69) is 15.3 Å². The molecule has 2 N–H and O–H groups in total. The summed E-state index contributed by atoms with van der Waals surface area (Å²) in [6, 6.07) is 7.80. The lowest BCUT2D eigenvalue weighted by Crippen LogP contribution is -2.44. The third-order valence-corrected chi connectivity index (χ3v) is 6.54. The number of carbonyl (C=O) groups is 2. The van der Waals surface area contributed by atoms with Gasteiger partial charge in [0.25, 0.3) is 5.91 Å². The zero-order valence-corrected chi connectivity index (χ0v) is 18.9. The van der Waals surface area contributed by atoms with Crippen molar-refractivity contribution >= 4 is 17.6 Å². The number of alkyl halides is 3. The Morgan fingerprint density at radius 1 is 1.09 bits per heavy atom. The van der Waals surface area contributed by atoms with Crippen molar-refractivity contribution in [2.24, 2.45) is 11.8 Å². The number of aliphatic hydroxyl groups is 1. The molecule has 0 unspecified atom stereocenters. The summed E-state index contributed by atoms with van der Waals surface area (Å²) in [5.74, 6) is -2.07. The van der Waals surface area contributed by atoms with Crippen LogP contribution in [-0.2, 0) is 4.79 Å². The molecule has 2 aliphatic rings.